The molecule has 1 fully saturated rings. The lowest BCUT2D eigenvalue weighted by Crippen LogP contribution is -2.46. The fourth-order valence-corrected chi connectivity index (χ4v) is 4.14. The fraction of sp³-hybridized carbons (Fsp3) is 0.462. The minimum Gasteiger partial charge on any atom is -0.289 e. The third-order valence-corrected chi connectivity index (χ3v) is 5.34. The van der Waals surface area contributed by atoms with E-state index in [2.05, 4.69) is 0 Å². The van der Waals surface area contributed by atoms with Gasteiger partial charge in [0, 0.05) is 6.54 Å². The van der Waals surface area contributed by atoms with Gasteiger partial charge in [0.25, 0.3) is 5.91 Å². The molecule has 0 aliphatic carbocycles. The number of benzene rings is 1. The Hall–Kier alpha value is -1.44. The molecule has 1 aromatic carbocycles. The molecule has 6 nitrogen and oxygen atoms in total. The summed E-state index contributed by atoms with van der Waals surface area (Å²) in [7, 11) is -3.50. The minimum atomic E-state index is -3.50. The topological polar surface area (TPSA) is 86.7 Å². The number of carbonyl (C=O) groups excluding carboxylic acids is 1. The van der Waals surface area contributed by atoms with Gasteiger partial charge in [0.1, 0.15) is 6.04 Å². The first-order valence-corrected chi connectivity index (χ1v) is 8.13. The molecular formula is C13H18N2O4S. The summed E-state index contributed by atoms with van der Waals surface area (Å²) < 4.78 is 25.8. The van der Waals surface area contributed by atoms with Crippen molar-refractivity contribution in [2.24, 2.45) is 0 Å². The van der Waals surface area contributed by atoms with Crippen LogP contribution in [0.2, 0.25) is 0 Å². The van der Waals surface area contributed by atoms with Crippen LogP contribution in [0.5, 0.6) is 0 Å². The van der Waals surface area contributed by atoms with Gasteiger partial charge in [0.15, 0.2) is 0 Å². The number of hydrogen-bond donors (Lipinski definition) is 2. The van der Waals surface area contributed by atoms with E-state index in [-0.39, 0.29) is 5.75 Å². The predicted molar refractivity (Wildman–Crippen MR) is 73.6 cm³/mol. The van der Waals surface area contributed by atoms with E-state index in [1.165, 1.54) is 9.79 Å². The van der Waals surface area contributed by atoms with Crippen LogP contribution in [0.4, 0.5) is 0 Å². The van der Waals surface area contributed by atoms with Gasteiger partial charge in [0.05, 0.1) is 5.75 Å². The van der Waals surface area contributed by atoms with Gasteiger partial charge >= 0.3 is 0 Å². The molecule has 1 saturated heterocycles. The van der Waals surface area contributed by atoms with Gasteiger partial charge in [-0.1, -0.05) is 30.3 Å². The highest BCUT2D eigenvalue weighted by atomic mass is 32.2. The lowest BCUT2D eigenvalue weighted by atomic mass is 10.2. The van der Waals surface area contributed by atoms with Crippen molar-refractivity contribution in [2.45, 2.75) is 25.3 Å². The van der Waals surface area contributed by atoms with Gasteiger partial charge in [-0.2, -0.15) is 4.31 Å². The van der Waals surface area contributed by atoms with Gasteiger partial charge in [-0.15, -0.1) is 0 Å². The quantitative estimate of drug-likeness (QED) is 0.613. The van der Waals surface area contributed by atoms with Crippen LogP contribution in [0, 0.1) is 0 Å². The van der Waals surface area contributed by atoms with Crippen LogP contribution in [0.15, 0.2) is 30.3 Å². The van der Waals surface area contributed by atoms with Gasteiger partial charge in [-0.05, 0) is 24.8 Å². The molecule has 1 unspecified atom stereocenters. The fourth-order valence-electron chi connectivity index (χ4n) is 2.42. The number of sulfonamides is 1. The molecular weight excluding hydrogens is 280 g/mol. The van der Waals surface area contributed by atoms with E-state index in [0.29, 0.717) is 25.8 Å². The third kappa shape index (κ3) is 3.36. The molecule has 2 N–H and O–H groups in total. The molecule has 0 bridgehead atoms. The molecule has 1 aliphatic heterocycles. The molecule has 1 heterocycles. The maximum Gasteiger partial charge on any atom is 0.261 e. The second-order valence-electron chi connectivity index (χ2n) is 4.80. The number of rotatable bonds is 5. The summed E-state index contributed by atoms with van der Waals surface area (Å²) in [5, 5.41) is 8.67. The zero-order chi connectivity index (χ0) is 14.6. The first-order chi connectivity index (χ1) is 9.54. The Labute approximate surface area is 118 Å². The van der Waals surface area contributed by atoms with E-state index in [0.717, 1.165) is 5.56 Å². The Morgan fingerprint density at radius 2 is 2.05 bits per heavy atom. The summed E-state index contributed by atoms with van der Waals surface area (Å²) in [4.78, 5) is 11.5. The lowest BCUT2D eigenvalue weighted by molar-refractivity contribution is -0.132. The van der Waals surface area contributed by atoms with Gasteiger partial charge in [-0.25, -0.2) is 13.9 Å². The molecule has 0 aromatic heterocycles. The van der Waals surface area contributed by atoms with Crippen molar-refractivity contribution in [1.29, 1.82) is 0 Å². The van der Waals surface area contributed by atoms with Crippen LogP contribution in [-0.4, -0.2) is 42.2 Å². The van der Waals surface area contributed by atoms with E-state index in [9.17, 15) is 13.2 Å². The van der Waals surface area contributed by atoms with Crippen LogP contribution >= 0.6 is 0 Å². The number of nitrogens with one attached hydrogen (secondary N) is 1. The number of nitrogens with zero attached hydrogens (tertiary/aromatic N) is 1. The Balaban J connectivity index is 2.04. The summed E-state index contributed by atoms with van der Waals surface area (Å²) in [5.41, 5.74) is 2.48. The number of amides is 1. The van der Waals surface area contributed by atoms with E-state index in [1.807, 2.05) is 30.3 Å². The highest BCUT2D eigenvalue weighted by Gasteiger charge is 2.38. The number of aryl methyl sites for hydroxylation is 1. The largest absolute Gasteiger partial charge is 0.289 e. The minimum absolute atomic E-state index is 0.0355. The first-order valence-electron chi connectivity index (χ1n) is 6.52. The van der Waals surface area contributed by atoms with E-state index in [4.69, 9.17) is 5.21 Å². The molecule has 20 heavy (non-hydrogen) atoms. The monoisotopic (exact) mass is 298 g/mol. The SMILES string of the molecule is O=C(NO)C1CCCN1S(=O)(=O)CCc1ccccc1. The second-order valence-corrected chi connectivity index (χ2v) is 6.84. The van der Waals surface area contributed by atoms with E-state index in [1.54, 1.807) is 0 Å². The molecule has 1 atom stereocenters. The van der Waals surface area contributed by atoms with Crippen molar-refractivity contribution in [3.8, 4) is 0 Å². The van der Waals surface area contributed by atoms with Gasteiger partial charge in [0.2, 0.25) is 10.0 Å². The Morgan fingerprint density at radius 1 is 1.35 bits per heavy atom. The normalized spacial score (nSPS) is 19.9. The van der Waals surface area contributed by atoms with Crippen molar-refractivity contribution in [3.63, 3.8) is 0 Å². The molecule has 2 rings (SSSR count). The zero-order valence-electron chi connectivity index (χ0n) is 11.0. The van der Waals surface area contributed by atoms with Crippen LogP contribution in [0.3, 0.4) is 0 Å². The summed E-state index contributed by atoms with van der Waals surface area (Å²) in [6.07, 6.45) is 1.48. The Bertz CT molecular complexity index is 559. The Kier molecular flexibility index (Phi) is 4.74. The van der Waals surface area contributed by atoms with Gasteiger partial charge in [-0.3, -0.25) is 10.0 Å². The van der Waals surface area contributed by atoms with Crippen LogP contribution < -0.4 is 5.48 Å². The van der Waals surface area contributed by atoms with Crippen molar-refractivity contribution in [2.75, 3.05) is 12.3 Å². The summed E-state index contributed by atoms with van der Waals surface area (Å²) in [6.45, 7) is 0.329. The third-order valence-electron chi connectivity index (χ3n) is 3.47. The van der Waals surface area contributed by atoms with Crippen LogP contribution in [-0.2, 0) is 21.2 Å². The lowest BCUT2D eigenvalue weighted by Gasteiger charge is -2.22. The number of hydroxylamine groups is 1. The van der Waals surface area contributed by atoms with Crippen molar-refractivity contribution < 1.29 is 18.4 Å². The maximum atomic E-state index is 12.3. The van der Waals surface area contributed by atoms with Crippen LogP contribution in [0.25, 0.3) is 0 Å². The first kappa shape index (κ1) is 15.0. The molecule has 0 spiro atoms. The van der Waals surface area contributed by atoms with Crippen molar-refractivity contribution in [1.82, 2.24) is 9.79 Å². The molecule has 0 radical (unpaired) electrons. The summed E-state index contributed by atoms with van der Waals surface area (Å²) in [6, 6.07) is 8.55. The maximum absolute atomic E-state index is 12.3. The van der Waals surface area contributed by atoms with Gasteiger partial charge < -0.3 is 0 Å². The summed E-state index contributed by atoms with van der Waals surface area (Å²) >= 11 is 0. The smallest absolute Gasteiger partial charge is 0.261 e. The average Bonchev–Trinajstić information content (AvgIpc) is 2.96. The highest BCUT2D eigenvalue weighted by Crippen LogP contribution is 2.22. The zero-order valence-corrected chi connectivity index (χ0v) is 11.8. The summed E-state index contributed by atoms with van der Waals surface area (Å²) in [5.74, 6) is -0.697. The molecule has 0 saturated carbocycles. The van der Waals surface area contributed by atoms with Crippen molar-refractivity contribution in [3.05, 3.63) is 35.9 Å². The molecule has 110 valence electrons. The van der Waals surface area contributed by atoms with E-state index >= 15 is 0 Å². The Morgan fingerprint density at radius 3 is 2.70 bits per heavy atom. The average molecular weight is 298 g/mol. The molecule has 1 aliphatic rings. The standard InChI is InChI=1S/C13H18N2O4S/c16-13(14-17)12-7-4-9-15(12)20(18,19)10-8-11-5-2-1-3-6-11/h1-3,5-6,12,17H,4,7-10H2,(H,14,16). The molecule has 1 aromatic rings. The predicted octanol–water partition coefficient (Wildman–Crippen LogP) is 0.529. The number of carbonyl (C=O) groups is 1. The molecule has 7 heteroatoms. The van der Waals surface area contributed by atoms with Crippen molar-refractivity contribution >= 4 is 15.9 Å². The molecule has 1 amide bonds. The van der Waals surface area contributed by atoms with E-state index < -0.39 is 22.0 Å². The van der Waals surface area contributed by atoms with Crippen LogP contribution in [0.1, 0.15) is 18.4 Å². The number of hydrogen-bond acceptors (Lipinski definition) is 4. The highest BCUT2D eigenvalue weighted by molar-refractivity contribution is 7.89. The second kappa shape index (κ2) is 6.34.